The molecular formula is C8H17NO. The quantitative estimate of drug-likeness (QED) is 0.466. The number of rotatable bonds is 5. The third kappa shape index (κ3) is 4.50. The minimum atomic E-state index is 0.211. The summed E-state index contributed by atoms with van der Waals surface area (Å²) in [6, 6.07) is 0. The topological polar surface area (TPSA) is 43.1 Å². The van der Waals surface area contributed by atoms with Crippen LogP contribution in [0, 0.1) is 5.41 Å². The molecule has 0 atom stereocenters. The summed E-state index contributed by atoms with van der Waals surface area (Å²) >= 11 is 0. The van der Waals surface area contributed by atoms with Crippen molar-refractivity contribution >= 4 is 6.29 Å². The molecule has 0 aromatic rings. The molecule has 0 aromatic heterocycles. The first-order valence-corrected chi connectivity index (χ1v) is 3.76. The number of nitrogens with two attached hydrogens (primary N) is 1. The Labute approximate surface area is 62.8 Å². The van der Waals surface area contributed by atoms with Crippen LogP contribution in [-0.2, 0) is 4.79 Å². The van der Waals surface area contributed by atoms with Crippen LogP contribution in [0.4, 0.5) is 0 Å². The molecule has 0 bridgehead atoms. The molecule has 0 fully saturated rings. The largest absolute Gasteiger partial charge is 0.330 e. The van der Waals surface area contributed by atoms with Crippen LogP contribution < -0.4 is 5.73 Å². The second-order valence-corrected chi connectivity index (χ2v) is 3.43. The molecule has 0 saturated carbocycles. The van der Waals surface area contributed by atoms with Crippen molar-refractivity contribution in [2.45, 2.75) is 33.1 Å². The smallest absolute Gasteiger partial charge is 0.119 e. The van der Waals surface area contributed by atoms with Gasteiger partial charge in [-0.1, -0.05) is 13.8 Å². The number of carbonyl (C=O) groups is 1. The maximum Gasteiger partial charge on any atom is 0.119 e. The lowest BCUT2D eigenvalue weighted by Crippen LogP contribution is -2.23. The van der Waals surface area contributed by atoms with Crippen LogP contribution in [0.25, 0.3) is 0 Å². The van der Waals surface area contributed by atoms with Gasteiger partial charge in [0.25, 0.3) is 0 Å². The van der Waals surface area contributed by atoms with E-state index in [4.69, 9.17) is 5.73 Å². The van der Waals surface area contributed by atoms with Crippen LogP contribution in [0.5, 0.6) is 0 Å². The molecule has 0 aliphatic carbocycles. The van der Waals surface area contributed by atoms with Gasteiger partial charge in [0.1, 0.15) is 6.29 Å². The first-order chi connectivity index (χ1) is 4.62. The standard InChI is InChI=1S/C8H17NO/c1-8(2,7-9)5-3-4-6-10/h6H,3-5,7,9H2,1-2H3. The molecule has 0 saturated heterocycles. The molecule has 2 heteroatoms. The summed E-state index contributed by atoms with van der Waals surface area (Å²) in [6.45, 7) is 4.95. The van der Waals surface area contributed by atoms with Crippen molar-refractivity contribution < 1.29 is 4.79 Å². The third-order valence-corrected chi connectivity index (χ3v) is 1.73. The number of unbranched alkanes of at least 4 members (excludes halogenated alkanes) is 1. The number of aldehydes is 1. The van der Waals surface area contributed by atoms with E-state index in [9.17, 15) is 4.79 Å². The zero-order chi connectivity index (χ0) is 8.04. The summed E-state index contributed by atoms with van der Waals surface area (Å²) in [5.74, 6) is 0. The molecular weight excluding hydrogens is 126 g/mol. The Kier molecular flexibility index (Phi) is 4.28. The highest BCUT2D eigenvalue weighted by Gasteiger charge is 2.13. The predicted molar refractivity (Wildman–Crippen MR) is 42.8 cm³/mol. The van der Waals surface area contributed by atoms with Crippen LogP contribution in [-0.4, -0.2) is 12.8 Å². The molecule has 10 heavy (non-hydrogen) atoms. The molecule has 0 aliphatic heterocycles. The van der Waals surface area contributed by atoms with E-state index in [0.717, 1.165) is 19.1 Å². The second kappa shape index (κ2) is 4.45. The Bertz CT molecular complexity index is 99.4. The maximum atomic E-state index is 9.95. The minimum Gasteiger partial charge on any atom is -0.330 e. The van der Waals surface area contributed by atoms with Crippen LogP contribution in [0.1, 0.15) is 33.1 Å². The average molecular weight is 143 g/mol. The van der Waals surface area contributed by atoms with Gasteiger partial charge in [0.2, 0.25) is 0 Å². The van der Waals surface area contributed by atoms with Crippen molar-refractivity contribution in [1.82, 2.24) is 0 Å². The Balaban J connectivity index is 3.36. The lowest BCUT2D eigenvalue weighted by molar-refractivity contribution is -0.108. The number of carbonyl (C=O) groups excluding carboxylic acids is 1. The predicted octanol–water partition coefficient (Wildman–Crippen LogP) is 1.34. The molecule has 0 spiro atoms. The normalized spacial score (nSPS) is 11.5. The lowest BCUT2D eigenvalue weighted by Gasteiger charge is -2.21. The first-order valence-electron chi connectivity index (χ1n) is 3.76. The zero-order valence-electron chi connectivity index (χ0n) is 6.89. The monoisotopic (exact) mass is 143 g/mol. The third-order valence-electron chi connectivity index (χ3n) is 1.73. The van der Waals surface area contributed by atoms with Crippen LogP contribution in [0.2, 0.25) is 0 Å². The first kappa shape index (κ1) is 9.63. The molecule has 60 valence electrons. The molecule has 0 rings (SSSR count). The molecule has 0 radical (unpaired) electrons. The fourth-order valence-corrected chi connectivity index (χ4v) is 0.766. The molecule has 2 N–H and O–H groups in total. The molecule has 0 amide bonds. The SMILES string of the molecule is CC(C)(CN)CCCC=O. The Hall–Kier alpha value is -0.370. The van der Waals surface area contributed by atoms with E-state index in [2.05, 4.69) is 13.8 Å². The van der Waals surface area contributed by atoms with Crippen molar-refractivity contribution in [2.75, 3.05) is 6.54 Å². The molecule has 0 aromatic carbocycles. The summed E-state index contributed by atoms with van der Waals surface area (Å²) in [7, 11) is 0. The second-order valence-electron chi connectivity index (χ2n) is 3.43. The minimum absolute atomic E-state index is 0.211. The van der Waals surface area contributed by atoms with E-state index in [1.54, 1.807) is 0 Å². The van der Waals surface area contributed by atoms with E-state index in [1.807, 2.05) is 0 Å². The Morgan fingerprint density at radius 3 is 2.50 bits per heavy atom. The summed E-state index contributed by atoms with van der Waals surface area (Å²) in [6.07, 6.45) is 3.64. The summed E-state index contributed by atoms with van der Waals surface area (Å²) in [5, 5.41) is 0. The van der Waals surface area contributed by atoms with Crippen LogP contribution in [0.15, 0.2) is 0 Å². The fraction of sp³-hybridized carbons (Fsp3) is 0.875. The summed E-state index contributed by atoms with van der Waals surface area (Å²) < 4.78 is 0. The summed E-state index contributed by atoms with van der Waals surface area (Å²) in [4.78, 5) is 9.95. The molecule has 2 nitrogen and oxygen atoms in total. The van der Waals surface area contributed by atoms with Gasteiger partial charge in [0, 0.05) is 6.42 Å². The highest BCUT2D eigenvalue weighted by Crippen LogP contribution is 2.20. The van der Waals surface area contributed by atoms with E-state index in [1.165, 1.54) is 0 Å². The number of hydrogen-bond acceptors (Lipinski definition) is 2. The van der Waals surface area contributed by atoms with E-state index in [0.29, 0.717) is 13.0 Å². The highest BCUT2D eigenvalue weighted by atomic mass is 16.1. The van der Waals surface area contributed by atoms with E-state index >= 15 is 0 Å². The van der Waals surface area contributed by atoms with Crippen molar-refractivity contribution in [3.63, 3.8) is 0 Å². The molecule has 0 heterocycles. The van der Waals surface area contributed by atoms with Crippen molar-refractivity contribution in [1.29, 1.82) is 0 Å². The molecule has 0 aliphatic rings. The van der Waals surface area contributed by atoms with Gasteiger partial charge in [-0.3, -0.25) is 0 Å². The van der Waals surface area contributed by atoms with Gasteiger partial charge in [-0.05, 0) is 24.8 Å². The van der Waals surface area contributed by atoms with E-state index in [-0.39, 0.29) is 5.41 Å². The lowest BCUT2D eigenvalue weighted by atomic mass is 9.88. The van der Waals surface area contributed by atoms with Gasteiger partial charge in [0.05, 0.1) is 0 Å². The van der Waals surface area contributed by atoms with Gasteiger partial charge in [-0.25, -0.2) is 0 Å². The van der Waals surface area contributed by atoms with E-state index < -0.39 is 0 Å². The Morgan fingerprint density at radius 2 is 2.10 bits per heavy atom. The van der Waals surface area contributed by atoms with Gasteiger partial charge in [-0.15, -0.1) is 0 Å². The number of hydrogen-bond donors (Lipinski definition) is 1. The average Bonchev–Trinajstić information content (AvgIpc) is 1.89. The van der Waals surface area contributed by atoms with Crippen molar-refractivity contribution in [2.24, 2.45) is 11.1 Å². The van der Waals surface area contributed by atoms with Gasteiger partial charge in [0.15, 0.2) is 0 Å². The van der Waals surface area contributed by atoms with Crippen LogP contribution >= 0.6 is 0 Å². The highest BCUT2D eigenvalue weighted by molar-refractivity contribution is 5.48. The van der Waals surface area contributed by atoms with Crippen LogP contribution in [0.3, 0.4) is 0 Å². The van der Waals surface area contributed by atoms with Crippen molar-refractivity contribution in [3.05, 3.63) is 0 Å². The van der Waals surface area contributed by atoms with Crippen molar-refractivity contribution in [3.8, 4) is 0 Å². The fourth-order valence-electron chi connectivity index (χ4n) is 0.766. The summed E-state index contributed by atoms with van der Waals surface area (Å²) in [5.41, 5.74) is 5.71. The zero-order valence-corrected chi connectivity index (χ0v) is 6.89. The van der Waals surface area contributed by atoms with Gasteiger partial charge in [-0.2, -0.15) is 0 Å². The van der Waals surface area contributed by atoms with Gasteiger partial charge >= 0.3 is 0 Å². The Morgan fingerprint density at radius 1 is 1.50 bits per heavy atom. The molecule has 0 unspecified atom stereocenters. The van der Waals surface area contributed by atoms with Gasteiger partial charge < -0.3 is 10.5 Å². The maximum absolute atomic E-state index is 9.95.